The van der Waals surface area contributed by atoms with Gasteiger partial charge in [0.25, 0.3) is 0 Å². The van der Waals surface area contributed by atoms with Gasteiger partial charge in [-0.25, -0.2) is 9.59 Å². The number of carboxylic acid groups (broad SMARTS) is 1. The lowest BCUT2D eigenvalue weighted by molar-refractivity contribution is 0.0696. The molecule has 1 aromatic carbocycles. The van der Waals surface area contributed by atoms with Crippen LogP contribution in [0.25, 0.3) is 0 Å². The number of amides is 2. The van der Waals surface area contributed by atoms with Crippen molar-refractivity contribution in [1.82, 2.24) is 5.32 Å². The van der Waals surface area contributed by atoms with Crippen molar-refractivity contribution in [2.75, 3.05) is 5.32 Å². The molecule has 6 heteroatoms. The zero-order valence-corrected chi connectivity index (χ0v) is 12.5. The van der Waals surface area contributed by atoms with E-state index in [4.69, 9.17) is 5.11 Å². The quantitative estimate of drug-likeness (QED) is 0.807. The molecular formula is C15H16N2O3S. The Kier molecular flexibility index (Phi) is 4.59. The van der Waals surface area contributed by atoms with Crippen LogP contribution in [0.4, 0.5) is 10.5 Å². The first kappa shape index (κ1) is 15.1. The van der Waals surface area contributed by atoms with Gasteiger partial charge in [-0.05, 0) is 60.0 Å². The topological polar surface area (TPSA) is 78.4 Å². The van der Waals surface area contributed by atoms with Crippen LogP contribution in [0.1, 0.15) is 34.5 Å². The van der Waals surface area contributed by atoms with Gasteiger partial charge in [-0.15, -0.1) is 0 Å². The molecule has 1 atom stereocenters. The molecule has 0 fully saturated rings. The highest BCUT2D eigenvalue weighted by Gasteiger charge is 2.11. The normalized spacial score (nSPS) is 11.7. The van der Waals surface area contributed by atoms with Gasteiger partial charge in [-0.2, -0.15) is 11.3 Å². The van der Waals surface area contributed by atoms with E-state index in [0.717, 1.165) is 5.56 Å². The number of rotatable bonds is 4. The molecule has 1 unspecified atom stereocenters. The van der Waals surface area contributed by atoms with Crippen LogP contribution in [0.3, 0.4) is 0 Å². The summed E-state index contributed by atoms with van der Waals surface area (Å²) in [6, 6.07) is 6.24. The van der Waals surface area contributed by atoms with E-state index in [1.54, 1.807) is 30.4 Å². The summed E-state index contributed by atoms with van der Waals surface area (Å²) in [5, 5.41) is 18.4. The van der Waals surface area contributed by atoms with Crippen molar-refractivity contribution in [3.63, 3.8) is 0 Å². The van der Waals surface area contributed by atoms with Crippen molar-refractivity contribution in [3.8, 4) is 0 Å². The van der Waals surface area contributed by atoms with Crippen LogP contribution in [-0.2, 0) is 0 Å². The first-order valence-corrected chi connectivity index (χ1v) is 7.35. The van der Waals surface area contributed by atoms with E-state index in [-0.39, 0.29) is 17.6 Å². The standard InChI is InChI=1S/C15H16N2O3S/c1-9-7-12(3-4-13(9)14(18)19)17-15(20)16-10(2)11-5-6-21-8-11/h3-8,10H,1-2H3,(H,18,19)(H2,16,17,20). The van der Waals surface area contributed by atoms with Crippen LogP contribution in [0, 0.1) is 6.92 Å². The van der Waals surface area contributed by atoms with Gasteiger partial charge in [-0.3, -0.25) is 0 Å². The third kappa shape index (κ3) is 3.82. The summed E-state index contributed by atoms with van der Waals surface area (Å²) >= 11 is 1.58. The molecule has 3 N–H and O–H groups in total. The molecule has 2 rings (SSSR count). The number of nitrogens with one attached hydrogen (secondary N) is 2. The lowest BCUT2D eigenvalue weighted by Crippen LogP contribution is -2.31. The van der Waals surface area contributed by atoms with Crippen molar-refractivity contribution in [2.45, 2.75) is 19.9 Å². The Morgan fingerprint density at radius 3 is 2.62 bits per heavy atom. The zero-order valence-electron chi connectivity index (χ0n) is 11.7. The molecular weight excluding hydrogens is 288 g/mol. The van der Waals surface area contributed by atoms with Crippen LogP contribution in [0.15, 0.2) is 35.0 Å². The largest absolute Gasteiger partial charge is 0.478 e. The first-order valence-electron chi connectivity index (χ1n) is 6.41. The fraction of sp³-hybridized carbons (Fsp3) is 0.200. The number of thiophene rings is 1. The second kappa shape index (κ2) is 6.41. The van der Waals surface area contributed by atoms with Gasteiger partial charge in [-0.1, -0.05) is 0 Å². The minimum absolute atomic E-state index is 0.0874. The summed E-state index contributed by atoms with van der Waals surface area (Å²) in [7, 11) is 0. The minimum Gasteiger partial charge on any atom is -0.478 e. The summed E-state index contributed by atoms with van der Waals surface area (Å²) in [5.41, 5.74) is 2.44. The number of benzene rings is 1. The molecule has 1 aromatic heterocycles. The predicted molar refractivity (Wildman–Crippen MR) is 83.0 cm³/mol. The molecule has 0 bridgehead atoms. The van der Waals surface area contributed by atoms with E-state index in [1.807, 2.05) is 23.8 Å². The second-order valence-corrected chi connectivity index (χ2v) is 5.49. The van der Waals surface area contributed by atoms with Crippen molar-refractivity contribution >= 4 is 29.0 Å². The molecule has 110 valence electrons. The van der Waals surface area contributed by atoms with E-state index in [2.05, 4.69) is 10.6 Å². The van der Waals surface area contributed by atoms with E-state index in [0.29, 0.717) is 11.3 Å². The number of anilines is 1. The van der Waals surface area contributed by atoms with E-state index in [1.165, 1.54) is 6.07 Å². The molecule has 5 nitrogen and oxygen atoms in total. The molecule has 2 aromatic rings. The van der Waals surface area contributed by atoms with Crippen LogP contribution >= 0.6 is 11.3 Å². The molecule has 0 radical (unpaired) electrons. The Morgan fingerprint density at radius 1 is 1.29 bits per heavy atom. The van der Waals surface area contributed by atoms with Crippen LogP contribution in [0.2, 0.25) is 0 Å². The molecule has 0 saturated carbocycles. The van der Waals surface area contributed by atoms with Gasteiger partial charge in [0, 0.05) is 5.69 Å². The maximum atomic E-state index is 11.9. The Labute approximate surface area is 126 Å². The Morgan fingerprint density at radius 2 is 2.05 bits per heavy atom. The number of aromatic carboxylic acids is 1. The number of carbonyl (C=O) groups excluding carboxylic acids is 1. The molecule has 0 saturated heterocycles. The Hall–Kier alpha value is -2.34. The minimum atomic E-state index is -0.977. The van der Waals surface area contributed by atoms with Gasteiger partial charge in [0.05, 0.1) is 11.6 Å². The van der Waals surface area contributed by atoms with E-state index >= 15 is 0 Å². The number of urea groups is 1. The third-order valence-corrected chi connectivity index (χ3v) is 3.81. The maximum Gasteiger partial charge on any atom is 0.335 e. The summed E-state index contributed by atoms with van der Waals surface area (Å²) in [5.74, 6) is -0.977. The SMILES string of the molecule is Cc1cc(NC(=O)NC(C)c2ccsc2)ccc1C(=O)O. The van der Waals surface area contributed by atoms with Crippen molar-refractivity contribution in [1.29, 1.82) is 0 Å². The third-order valence-electron chi connectivity index (χ3n) is 3.11. The molecule has 0 aliphatic carbocycles. The zero-order chi connectivity index (χ0) is 15.4. The summed E-state index contributed by atoms with van der Waals surface area (Å²) < 4.78 is 0. The number of aryl methyl sites for hydroxylation is 1. The number of carbonyl (C=O) groups is 2. The molecule has 1 heterocycles. The van der Waals surface area contributed by atoms with Crippen LogP contribution < -0.4 is 10.6 Å². The van der Waals surface area contributed by atoms with Crippen molar-refractivity contribution in [2.24, 2.45) is 0 Å². The summed E-state index contributed by atoms with van der Waals surface area (Å²) in [6.45, 7) is 3.60. The smallest absolute Gasteiger partial charge is 0.335 e. The fourth-order valence-electron chi connectivity index (χ4n) is 1.95. The Balaban J connectivity index is 2.00. The number of carboxylic acids is 1. The highest BCUT2D eigenvalue weighted by molar-refractivity contribution is 7.07. The monoisotopic (exact) mass is 304 g/mol. The van der Waals surface area contributed by atoms with Gasteiger partial charge in [0.2, 0.25) is 0 Å². The highest BCUT2D eigenvalue weighted by Crippen LogP contribution is 2.17. The predicted octanol–water partition coefficient (Wildman–Crippen LogP) is 3.64. The van der Waals surface area contributed by atoms with Gasteiger partial charge in [0.1, 0.15) is 0 Å². The highest BCUT2D eigenvalue weighted by atomic mass is 32.1. The number of hydrogen-bond acceptors (Lipinski definition) is 3. The average molecular weight is 304 g/mol. The lowest BCUT2D eigenvalue weighted by atomic mass is 10.1. The van der Waals surface area contributed by atoms with Crippen LogP contribution in [0.5, 0.6) is 0 Å². The average Bonchev–Trinajstić information content (AvgIpc) is 2.91. The molecule has 0 aliphatic heterocycles. The maximum absolute atomic E-state index is 11.9. The van der Waals surface area contributed by atoms with E-state index in [9.17, 15) is 9.59 Å². The van der Waals surface area contributed by atoms with E-state index < -0.39 is 5.97 Å². The van der Waals surface area contributed by atoms with Gasteiger partial charge < -0.3 is 15.7 Å². The molecule has 0 aliphatic rings. The van der Waals surface area contributed by atoms with Gasteiger partial charge in [0.15, 0.2) is 0 Å². The summed E-state index contributed by atoms with van der Waals surface area (Å²) in [6.07, 6.45) is 0. The molecule has 2 amide bonds. The molecule has 21 heavy (non-hydrogen) atoms. The van der Waals surface area contributed by atoms with Crippen molar-refractivity contribution < 1.29 is 14.7 Å². The molecule has 0 spiro atoms. The number of hydrogen-bond donors (Lipinski definition) is 3. The second-order valence-electron chi connectivity index (χ2n) is 4.71. The Bertz CT molecular complexity index is 653. The first-order chi connectivity index (χ1) is 9.97. The summed E-state index contributed by atoms with van der Waals surface area (Å²) in [4.78, 5) is 22.8. The van der Waals surface area contributed by atoms with Crippen molar-refractivity contribution in [3.05, 3.63) is 51.7 Å². The van der Waals surface area contributed by atoms with Gasteiger partial charge >= 0.3 is 12.0 Å². The lowest BCUT2D eigenvalue weighted by Gasteiger charge is -2.14. The van der Waals surface area contributed by atoms with Crippen LogP contribution in [-0.4, -0.2) is 17.1 Å². The fourth-order valence-corrected chi connectivity index (χ4v) is 2.70.